The lowest BCUT2D eigenvalue weighted by atomic mass is 10.0. The van der Waals surface area contributed by atoms with Crippen molar-refractivity contribution < 1.29 is 24.5 Å². The molecular formula is C74H147NO5. The maximum Gasteiger partial charge on any atom is 0.305 e. The lowest BCUT2D eigenvalue weighted by Gasteiger charge is -2.22. The molecule has 0 fully saturated rings. The van der Waals surface area contributed by atoms with Crippen LogP contribution in [-0.2, 0) is 14.3 Å². The monoisotopic (exact) mass is 1130 g/mol. The molecule has 1 amide bonds. The van der Waals surface area contributed by atoms with E-state index < -0.39 is 12.1 Å². The van der Waals surface area contributed by atoms with Gasteiger partial charge in [0.2, 0.25) is 5.91 Å². The van der Waals surface area contributed by atoms with Crippen LogP contribution >= 0.6 is 0 Å². The zero-order valence-corrected chi connectivity index (χ0v) is 54.9. The number of carbonyl (C=O) groups excluding carboxylic acids is 2. The number of amides is 1. The molecule has 0 rings (SSSR count). The molecule has 0 aliphatic carbocycles. The summed E-state index contributed by atoms with van der Waals surface area (Å²) in [5.74, 6) is -0.00442. The van der Waals surface area contributed by atoms with Crippen LogP contribution in [0.2, 0.25) is 0 Å². The normalized spacial score (nSPS) is 12.4. The van der Waals surface area contributed by atoms with E-state index in [-0.39, 0.29) is 18.5 Å². The van der Waals surface area contributed by atoms with E-state index in [4.69, 9.17) is 4.74 Å². The molecule has 2 atom stereocenters. The van der Waals surface area contributed by atoms with Crippen LogP contribution in [-0.4, -0.2) is 47.4 Å². The number of unbranched alkanes of at least 4 members (excludes halogenated alkanes) is 60. The molecule has 6 heteroatoms. The summed E-state index contributed by atoms with van der Waals surface area (Å²) in [6.07, 6.45) is 86.0. The highest BCUT2D eigenvalue weighted by molar-refractivity contribution is 5.76. The third kappa shape index (κ3) is 66.0. The second-order valence-corrected chi connectivity index (χ2v) is 26.0. The van der Waals surface area contributed by atoms with E-state index in [1.54, 1.807) is 0 Å². The summed E-state index contributed by atoms with van der Waals surface area (Å²) in [6.45, 7) is 5.01. The van der Waals surface area contributed by atoms with Crippen molar-refractivity contribution in [3.8, 4) is 0 Å². The van der Waals surface area contributed by atoms with Gasteiger partial charge in [-0.15, -0.1) is 0 Å². The van der Waals surface area contributed by atoms with Gasteiger partial charge in [-0.1, -0.05) is 399 Å². The molecule has 80 heavy (non-hydrogen) atoms. The minimum absolute atomic E-state index is 0.0219. The quantitative estimate of drug-likeness (QED) is 0.0417. The summed E-state index contributed by atoms with van der Waals surface area (Å²) >= 11 is 0. The minimum Gasteiger partial charge on any atom is -0.466 e. The Morgan fingerprint density at radius 1 is 0.300 bits per heavy atom. The first-order valence-corrected chi connectivity index (χ1v) is 37.3. The lowest BCUT2D eigenvalue weighted by Crippen LogP contribution is -2.45. The van der Waals surface area contributed by atoms with Crippen molar-refractivity contribution in [1.82, 2.24) is 5.32 Å². The molecular weight excluding hydrogens is 983 g/mol. The highest BCUT2D eigenvalue weighted by atomic mass is 16.5. The first-order valence-electron chi connectivity index (χ1n) is 37.3. The van der Waals surface area contributed by atoms with E-state index in [2.05, 4.69) is 19.2 Å². The smallest absolute Gasteiger partial charge is 0.305 e. The van der Waals surface area contributed by atoms with Gasteiger partial charge in [0.25, 0.3) is 0 Å². The van der Waals surface area contributed by atoms with Crippen molar-refractivity contribution in [3.05, 3.63) is 0 Å². The number of ether oxygens (including phenoxy) is 1. The minimum atomic E-state index is -0.662. The Morgan fingerprint density at radius 2 is 0.512 bits per heavy atom. The molecule has 0 aromatic carbocycles. The lowest BCUT2D eigenvalue weighted by molar-refractivity contribution is -0.143. The second kappa shape index (κ2) is 70.3. The summed E-state index contributed by atoms with van der Waals surface area (Å²) in [5, 5.41) is 23.4. The summed E-state index contributed by atoms with van der Waals surface area (Å²) < 4.78 is 5.50. The van der Waals surface area contributed by atoms with Crippen LogP contribution in [0.5, 0.6) is 0 Å². The topological polar surface area (TPSA) is 95.9 Å². The number of nitrogens with one attached hydrogen (secondary N) is 1. The maximum absolute atomic E-state index is 12.6. The predicted octanol–water partition coefficient (Wildman–Crippen LogP) is 24.2. The first kappa shape index (κ1) is 78.9. The van der Waals surface area contributed by atoms with Gasteiger partial charge in [0.15, 0.2) is 0 Å². The number of rotatable bonds is 71. The molecule has 478 valence electrons. The molecule has 0 saturated carbocycles. The molecule has 0 saturated heterocycles. The zero-order chi connectivity index (χ0) is 57.8. The van der Waals surface area contributed by atoms with Crippen LogP contribution < -0.4 is 5.32 Å². The summed E-state index contributed by atoms with van der Waals surface area (Å²) in [5.41, 5.74) is 0. The summed E-state index contributed by atoms with van der Waals surface area (Å²) in [4.78, 5) is 24.6. The van der Waals surface area contributed by atoms with E-state index >= 15 is 0 Å². The largest absolute Gasteiger partial charge is 0.466 e. The van der Waals surface area contributed by atoms with Crippen LogP contribution in [0, 0.1) is 0 Å². The fraction of sp³-hybridized carbons (Fsp3) is 0.973. The average molecular weight is 1130 g/mol. The van der Waals surface area contributed by atoms with Gasteiger partial charge in [-0.05, 0) is 25.7 Å². The van der Waals surface area contributed by atoms with E-state index in [0.717, 1.165) is 38.5 Å². The number of hydrogen-bond acceptors (Lipinski definition) is 5. The molecule has 3 N–H and O–H groups in total. The Balaban J connectivity index is 3.34. The molecule has 0 radical (unpaired) electrons. The van der Waals surface area contributed by atoms with Gasteiger partial charge in [-0.25, -0.2) is 0 Å². The number of carbonyl (C=O) groups is 2. The van der Waals surface area contributed by atoms with Crippen molar-refractivity contribution >= 4 is 11.9 Å². The fourth-order valence-electron chi connectivity index (χ4n) is 12.2. The molecule has 0 aromatic heterocycles. The first-order chi connectivity index (χ1) is 39.5. The Kier molecular flexibility index (Phi) is 69.3. The molecule has 0 aromatic rings. The van der Waals surface area contributed by atoms with E-state index in [1.165, 1.54) is 366 Å². The van der Waals surface area contributed by atoms with Crippen molar-refractivity contribution in [2.45, 2.75) is 450 Å². The van der Waals surface area contributed by atoms with Crippen molar-refractivity contribution in [2.75, 3.05) is 13.2 Å². The predicted molar refractivity (Wildman–Crippen MR) is 352 cm³/mol. The Labute approximate surface area is 502 Å². The highest BCUT2D eigenvalue weighted by Gasteiger charge is 2.20. The van der Waals surface area contributed by atoms with Gasteiger partial charge in [-0.3, -0.25) is 9.59 Å². The van der Waals surface area contributed by atoms with E-state index in [9.17, 15) is 19.8 Å². The zero-order valence-electron chi connectivity index (χ0n) is 54.9. The maximum atomic E-state index is 12.6. The van der Waals surface area contributed by atoms with Gasteiger partial charge in [-0.2, -0.15) is 0 Å². The molecule has 0 aliphatic heterocycles. The number of aliphatic hydroxyl groups excluding tert-OH is 2. The molecule has 0 heterocycles. The van der Waals surface area contributed by atoms with Gasteiger partial charge in [0.05, 0.1) is 25.4 Å². The van der Waals surface area contributed by atoms with Crippen LogP contribution in [0.1, 0.15) is 438 Å². The summed E-state index contributed by atoms with van der Waals surface area (Å²) in [7, 11) is 0. The molecule has 0 bridgehead atoms. The van der Waals surface area contributed by atoms with Gasteiger partial charge < -0.3 is 20.3 Å². The number of aliphatic hydroxyl groups is 2. The SMILES string of the molecule is CCCCCCCCCCCCCCCCCCCCCCCCC(O)C(CO)NC(=O)CCCCCCCCCCCCCCCCCCCCCCCCCCCCCOC(=O)CCCCCCCCCCCCCCCC. The van der Waals surface area contributed by atoms with Crippen molar-refractivity contribution in [3.63, 3.8) is 0 Å². The third-order valence-electron chi connectivity index (χ3n) is 17.9. The molecule has 2 unspecified atom stereocenters. The van der Waals surface area contributed by atoms with Gasteiger partial charge in [0, 0.05) is 12.8 Å². The van der Waals surface area contributed by atoms with Gasteiger partial charge in [0.1, 0.15) is 0 Å². The van der Waals surface area contributed by atoms with Crippen LogP contribution in [0.15, 0.2) is 0 Å². The van der Waals surface area contributed by atoms with Crippen LogP contribution in [0.4, 0.5) is 0 Å². The highest BCUT2D eigenvalue weighted by Crippen LogP contribution is 2.20. The van der Waals surface area contributed by atoms with Crippen molar-refractivity contribution in [1.29, 1.82) is 0 Å². The Morgan fingerprint density at radius 3 is 0.762 bits per heavy atom. The van der Waals surface area contributed by atoms with Crippen molar-refractivity contribution in [2.24, 2.45) is 0 Å². The van der Waals surface area contributed by atoms with E-state index in [1.807, 2.05) is 0 Å². The van der Waals surface area contributed by atoms with Crippen LogP contribution in [0.3, 0.4) is 0 Å². The summed E-state index contributed by atoms with van der Waals surface area (Å²) in [6, 6.07) is -0.539. The Hall–Kier alpha value is -1.14. The number of esters is 1. The fourth-order valence-corrected chi connectivity index (χ4v) is 12.2. The molecule has 0 aliphatic rings. The average Bonchev–Trinajstić information content (AvgIpc) is 3.46. The van der Waals surface area contributed by atoms with Gasteiger partial charge >= 0.3 is 5.97 Å². The number of hydrogen-bond donors (Lipinski definition) is 3. The molecule has 0 spiro atoms. The van der Waals surface area contributed by atoms with Crippen LogP contribution in [0.25, 0.3) is 0 Å². The molecule has 6 nitrogen and oxygen atoms in total. The van der Waals surface area contributed by atoms with E-state index in [0.29, 0.717) is 25.9 Å². The second-order valence-electron chi connectivity index (χ2n) is 26.0. The Bertz CT molecular complexity index is 1160. The third-order valence-corrected chi connectivity index (χ3v) is 17.9. The standard InChI is InChI=1S/C74H147NO5/c1-3-5-7-9-11-13-15-17-19-20-21-22-30-33-36-39-42-46-50-54-58-62-66-72(77)71(70-76)75-73(78)67-63-59-55-51-47-43-40-37-34-31-28-26-24-23-25-27-29-32-35-38-41-45-49-53-57-61-65-69-80-74(79)68-64-60-56-52-48-44-18-16-14-12-10-8-6-4-2/h71-72,76-77H,3-70H2,1-2H3,(H,75,78).